The molecule has 6 aromatic rings. The number of imidazole rings is 2. The highest BCUT2D eigenvalue weighted by Crippen LogP contribution is 2.32. The Balaban J connectivity index is 0.000000189. The number of nitrogens with zero attached hydrogens (tertiary/aromatic N) is 7. The second-order valence-corrected chi connectivity index (χ2v) is 19.3. The van der Waals surface area contributed by atoms with Gasteiger partial charge in [-0.15, -0.1) is 6.42 Å². The van der Waals surface area contributed by atoms with E-state index in [0.717, 1.165) is 49.8 Å². The summed E-state index contributed by atoms with van der Waals surface area (Å²) >= 11 is 7.44. The van der Waals surface area contributed by atoms with Gasteiger partial charge in [0.05, 0.1) is 37.1 Å². The van der Waals surface area contributed by atoms with Crippen LogP contribution in [-0.4, -0.2) is 100 Å². The van der Waals surface area contributed by atoms with Crippen molar-refractivity contribution in [2.24, 2.45) is 40.0 Å². The van der Waals surface area contributed by atoms with Crippen LogP contribution in [0.5, 0.6) is 11.5 Å². The number of carbonyl (C=O) groups is 2. The molecule has 3 N–H and O–H groups in total. The Bertz CT molecular complexity index is 3450. The molecule has 0 radical (unpaired) electrons. The standard InChI is InChI=1S/C23H25N5O5S.C13H16INO3.C11H12N4O3S/c1-26-18-19(25-22(26)34)28(23(31)27(2)21(18)30)8-4-5-14-11-16(24-20(29)15-6-7-15)13-17(12-14)33-10-9-32-3;1-17-4-5-18-12-7-10(14)6-11(8-12)15-13(16)9-2-3-9;1-5-6-15-8-7(9(16)14(3)11(15)17)13(2)10(12-8)19(4)18/h11-13,15H,6-10H2,1-3H3,(H,24,29)(H,25,34);6-9H,2-5H2,1H3,(H,15,16);1H,6H2,2-4H3. The number of rotatable bonds is 15. The van der Waals surface area contributed by atoms with Gasteiger partial charge in [-0.05, 0) is 84.8 Å². The predicted octanol–water partition coefficient (Wildman–Crippen LogP) is 2.99. The largest absolute Gasteiger partial charge is 0.491 e. The number of aromatic nitrogens is 8. The maximum atomic E-state index is 12.7. The van der Waals surface area contributed by atoms with Crippen molar-refractivity contribution >= 4 is 91.1 Å². The number of anilines is 2. The van der Waals surface area contributed by atoms with Crippen LogP contribution in [0, 0.1) is 44.4 Å². The molecule has 0 saturated heterocycles. The van der Waals surface area contributed by atoms with Gasteiger partial charge >= 0.3 is 11.4 Å². The summed E-state index contributed by atoms with van der Waals surface area (Å²) in [7, 11) is 7.88. The molecular formula is C47H53IN10O11S2. The zero-order chi connectivity index (χ0) is 51.7. The summed E-state index contributed by atoms with van der Waals surface area (Å²) in [5.74, 6) is 10.0. The van der Waals surface area contributed by atoms with Crippen molar-refractivity contribution in [1.82, 2.24) is 37.4 Å². The Morgan fingerprint density at radius 1 is 0.775 bits per heavy atom. The van der Waals surface area contributed by atoms with Gasteiger partial charge in [-0.25, -0.2) is 14.6 Å². The first-order valence-electron chi connectivity index (χ1n) is 22.0. The summed E-state index contributed by atoms with van der Waals surface area (Å²) in [5.41, 5.74) is 1.03. The van der Waals surface area contributed by atoms with Gasteiger partial charge in [0.1, 0.15) is 30.4 Å². The number of nitrogens with one attached hydrogen (secondary N) is 3. The normalized spacial score (nSPS) is 13.2. The Morgan fingerprint density at radius 3 is 1.85 bits per heavy atom. The number of hydrogen-bond acceptors (Lipinski definition) is 13. The van der Waals surface area contributed by atoms with E-state index in [-0.39, 0.29) is 53.1 Å². The number of carbonyl (C=O) groups excluding carboxylic acids is 2. The second kappa shape index (κ2) is 24.0. The number of aryl methyl sites for hydroxylation is 2. The van der Waals surface area contributed by atoms with Gasteiger partial charge in [0.25, 0.3) is 11.1 Å². The Labute approximate surface area is 428 Å². The first-order valence-corrected chi connectivity index (χ1v) is 25.0. The minimum atomic E-state index is -1.37. The molecule has 24 heteroatoms. The Hall–Kier alpha value is -6.58. The van der Waals surface area contributed by atoms with E-state index in [4.69, 9.17) is 37.6 Å². The van der Waals surface area contributed by atoms with Crippen LogP contribution in [0.4, 0.5) is 11.4 Å². The quantitative estimate of drug-likeness (QED) is 0.0581. The van der Waals surface area contributed by atoms with Gasteiger partial charge in [-0.1, -0.05) is 17.8 Å². The molecule has 0 aliphatic heterocycles. The summed E-state index contributed by atoms with van der Waals surface area (Å²) in [6.07, 6.45) is 10.5. The molecule has 2 saturated carbocycles. The number of hydrogen-bond donors (Lipinski definition) is 3. The van der Waals surface area contributed by atoms with Crippen molar-refractivity contribution in [3.05, 3.63) is 92.0 Å². The lowest BCUT2D eigenvalue weighted by Crippen LogP contribution is -2.38. The number of terminal acetylenes is 1. The van der Waals surface area contributed by atoms with Crippen molar-refractivity contribution in [3.8, 4) is 35.7 Å². The van der Waals surface area contributed by atoms with Crippen molar-refractivity contribution < 1.29 is 32.7 Å². The van der Waals surface area contributed by atoms with E-state index in [1.807, 2.05) is 18.2 Å². The Morgan fingerprint density at radius 2 is 1.31 bits per heavy atom. The minimum absolute atomic E-state index is 0.00371. The van der Waals surface area contributed by atoms with Crippen LogP contribution in [0.3, 0.4) is 0 Å². The molecule has 2 fully saturated rings. The molecule has 2 aliphatic rings. The maximum Gasteiger partial charge on any atom is 0.333 e. The van der Waals surface area contributed by atoms with E-state index in [9.17, 15) is 33.0 Å². The third-order valence-corrected chi connectivity index (χ3v) is 12.9. The van der Waals surface area contributed by atoms with Crippen molar-refractivity contribution in [3.63, 3.8) is 0 Å². The van der Waals surface area contributed by atoms with Crippen LogP contribution in [-0.2, 0) is 71.1 Å². The first-order chi connectivity index (χ1) is 33.9. The number of halogens is 1. The smallest absolute Gasteiger partial charge is 0.333 e. The molecule has 0 bridgehead atoms. The third-order valence-electron chi connectivity index (χ3n) is 11.0. The molecule has 21 nitrogen and oxygen atoms in total. The van der Waals surface area contributed by atoms with E-state index in [0.29, 0.717) is 59.4 Å². The number of aromatic amines is 1. The molecule has 376 valence electrons. The van der Waals surface area contributed by atoms with Gasteiger partial charge in [-0.3, -0.25) is 41.7 Å². The summed E-state index contributed by atoms with van der Waals surface area (Å²) < 4.78 is 41.7. The molecule has 4 heterocycles. The number of amides is 2. The lowest BCUT2D eigenvalue weighted by atomic mass is 10.2. The maximum absolute atomic E-state index is 12.7. The van der Waals surface area contributed by atoms with Crippen LogP contribution in [0.15, 0.2) is 60.7 Å². The van der Waals surface area contributed by atoms with E-state index in [1.165, 1.54) is 38.6 Å². The van der Waals surface area contributed by atoms with Crippen molar-refractivity contribution in [2.75, 3.05) is 57.5 Å². The first kappa shape index (κ1) is 53.8. The highest BCUT2D eigenvalue weighted by atomic mass is 127. The van der Waals surface area contributed by atoms with Gasteiger partial charge in [0.2, 0.25) is 17.0 Å². The number of benzene rings is 2. The number of methoxy groups -OCH3 is 2. The van der Waals surface area contributed by atoms with Crippen LogP contribution in [0.1, 0.15) is 31.2 Å². The van der Waals surface area contributed by atoms with E-state index < -0.39 is 33.3 Å². The zero-order valence-electron chi connectivity index (χ0n) is 40.1. The van der Waals surface area contributed by atoms with Crippen molar-refractivity contribution in [2.45, 2.75) is 43.9 Å². The fourth-order valence-corrected chi connectivity index (χ4v) is 8.47. The molecule has 1 unspecified atom stereocenters. The molecular weight excluding hydrogens is 1070 g/mol. The van der Waals surface area contributed by atoms with Gasteiger partial charge in [-0.2, -0.15) is 0 Å². The molecule has 2 aromatic carbocycles. The highest BCUT2D eigenvalue weighted by molar-refractivity contribution is 14.1. The van der Waals surface area contributed by atoms with Gasteiger partial charge in [0.15, 0.2) is 21.5 Å². The van der Waals surface area contributed by atoms with Crippen LogP contribution in [0.25, 0.3) is 22.3 Å². The van der Waals surface area contributed by atoms with Crippen molar-refractivity contribution in [1.29, 1.82) is 0 Å². The molecule has 8 rings (SSSR count). The van der Waals surface area contributed by atoms with E-state index in [1.54, 1.807) is 46.5 Å². The van der Waals surface area contributed by atoms with Crippen LogP contribution in [0.2, 0.25) is 0 Å². The molecule has 1 atom stereocenters. The van der Waals surface area contributed by atoms with Crippen LogP contribution < -0.4 is 42.6 Å². The lowest BCUT2D eigenvalue weighted by Gasteiger charge is -2.10. The summed E-state index contributed by atoms with van der Waals surface area (Å²) in [5, 5.41) is 6.05. The summed E-state index contributed by atoms with van der Waals surface area (Å²) in [6.45, 7) is 1.85. The molecule has 2 amide bonds. The minimum Gasteiger partial charge on any atom is -0.491 e. The molecule has 4 aromatic heterocycles. The molecule has 2 aliphatic carbocycles. The number of ether oxygens (including phenoxy) is 4. The SMILES string of the molecule is C#CCn1c(=O)n(C)c(=O)c2c1nc(S(C)=O)n2C.COCCOc1cc(C#CCn2c(=O)n(C)c(=O)c3c2[nH]c(=S)n3C)cc(NC(=O)C2CC2)c1.COCCOc1cc(I)cc(NC(=O)C2CC2)c1. The highest BCUT2D eigenvalue weighted by Gasteiger charge is 2.30. The predicted molar refractivity (Wildman–Crippen MR) is 279 cm³/mol. The average molecular weight is 1130 g/mol. The second-order valence-electron chi connectivity index (χ2n) is 16.4. The fourth-order valence-electron chi connectivity index (χ4n) is 6.94. The van der Waals surface area contributed by atoms with Crippen LogP contribution >= 0.6 is 34.8 Å². The molecule has 0 spiro atoms. The zero-order valence-corrected chi connectivity index (χ0v) is 43.9. The van der Waals surface area contributed by atoms with E-state index >= 15 is 0 Å². The molecule has 71 heavy (non-hydrogen) atoms. The fraction of sp³-hybridized carbons (Fsp3) is 0.404. The number of H-pyrrole nitrogens is 1. The lowest BCUT2D eigenvalue weighted by molar-refractivity contribution is -0.118. The van der Waals surface area contributed by atoms with Gasteiger partial charge in [0, 0.05) is 93.1 Å². The van der Waals surface area contributed by atoms with E-state index in [2.05, 4.69) is 61.0 Å². The Kier molecular flexibility index (Phi) is 18.2. The monoisotopic (exact) mass is 1120 g/mol. The topological polar surface area (TPSA) is 239 Å². The average Bonchev–Trinajstić information content (AvgIpc) is 4.27. The third kappa shape index (κ3) is 13.2. The van der Waals surface area contributed by atoms with Gasteiger partial charge < -0.3 is 43.7 Å². The summed E-state index contributed by atoms with van der Waals surface area (Å²) in [6, 6.07) is 11.0. The summed E-state index contributed by atoms with van der Waals surface area (Å²) in [4.78, 5) is 80.3. The number of fused-ring (bicyclic) bond motifs is 2.